The molecule has 1 aliphatic carbocycles. The second-order valence-corrected chi connectivity index (χ2v) is 7.08. The molecule has 1 heterocycles. The van der Waals surface area contributed by atoms with Gasteiger partial charge in [-0.05, 0) is 32.9 Å². The second-order valence-electron chi connectivity index (χ2n) is 6.14. The van der Waals surface area contributed by atoms with E-state index in [0.29, 0.717) is 12.5 Å². The van der Waals surface area contributed by atoms with Crippen molar-refractivity contribution in [1.29, 1.82) is 0 Å². The Morgan fingerprint density at radius 2 is 2.10 bits per heavy atom. The maximum atomic E-state index is 12.5. The van der Waals surface area contributed by atoms with Crippen molar-refractivity contribution in [2.45, 2.75) is 57.5 Å². The largest absolute Gasteiger partial charge is 0.348 e. The van der Waals surface area contributed by atoms with Crippen molar-refractivity contribution in [1.82, 2.24) is 15.2 Å². The lowest BCUT2D eigenvalue weighted by molar-refractivity contribution is -0.132. The summed E-state index contributed by atoms with van der Waals surface area (Å²) < 4.78 is 0. The van der Waals surface area contributed by atoms with Crippen LogP contribution in [0.1, 0.15) is 56.2 Å². The van der Waals surface area contributed by atoms with Crippen molar-refractivity contribution in [2.75, 3.05) is 14.1 Å². The zero-order chi connectivity index (χ0) is 14.8. The topological polar surface area (TPSA) is 45.2 Å². The van der Waals surface area contributed by atoms with Gasteiger partial charge in [0, 0.05) is 5.38 Å². The van der Waals surface area contributed by atoms with Gasteiger partial charge in [-0.25, -0.2) is 4.98 Å². The third-order valence-electron chi connectivity index (χ3n) is 4.27. The Morgan fingerprint density at radius 1 is 1.45 bits per heavy atom. The van der Waals surface area contributed by atoms with Crippen LogP contribution in [0.3, 0.4) is 0 Å². The summed E-state index contributed by atoms with van der Waals surface area (Å²) in [6, 6.07) is 0. The summed E-state index contributed by atoms with van der Waals surface area (Å²) in [5, 5.41) is 6.16. The quantitative estimate of drug-likeness (QED) is 0.908. The Morgan fingerprint density at radius 3 is 2.60 bits per heavy atom. The van der Waals surface area contributed by atoms with Crippen molar-refractivity contribution in [3.8, 4) is 0 Å². The van der Waals surface area contributed by atoms with E-state index in [4.69, 9.17) is 0 Å². The van der Waals surface area contributed by atoms with E-state index in [0.717, 1.165) is 36.4 Å². The number of thiazole rings is 1. The molecule has 1 N–H and O–H groups in total. The lowest BCUT2D eigenvalue weighted by atomic mass is 9.95. The minimum atomic E-state index is -0.307. The lowest BCUT2D eigenvalue weighted by Crippen LogP contribution is -2.54. The van der Waals surface area contributed by atoms with Crippen LogP contribution >= 0.6 is 11.3 Å². The van der Waals surface area contributed by atoms with Gasteiger partial charge in [-0.2, -0.15) is 0 Å². The highest BCUT2D eigenvalue weighted by atomic mass is 32.1. The molecule has 0 atom stereocenters. The summed E-state index contributed by atoms with van der Waals surface area (Å²) in [4.78, 5) is 19.2. The van der Waals surface area contributed by atoms with Crippen molar-refractivity contribution in [3.63, 3.8) is 0 Å². The van der Waals surface area contributed by atoms with Crippen molar-refractivity contribution in [2.24, 2.45) is 0 Å². The van der Waals surface area contributed by atoms with E-state index in [-0.39, 0.29) is 11.4 Å². The van der Waals surface area contributed by atoms with E-state index in [2.05, 4.69) is 34.4 Å². The monoisotopic (exact) mass is 295 g/mol. The fraction of sp³-hybridized carbons (Fsp3) is 0.733. The zero-order valence-corrected chi connectivity index (χ0v) is 13.7. The van der Waals surface area contributed by atoms with Gasteiger partial charge in [0.15, 0.2) is 0 Å². The van der Waals surface area contributed by atoms with E-state index in [9.17, 15) is 4.79 Å². The number of rotatable bonds is 5. The van der Waals surface area contributed by atoms with Crippen molar-refractivity contribution < 1.29 is 4.79 Å². The molecule has 1 aromatic heterocycles. The predicted molar refractivity (Wildman–Crippen MR) is 82.9 cm³/mol. The maximum absolute atomic E-state index is 12.5. The van der Waals surface area contributed by atoms with Gasteiger partial charge in [0.1, 0.15) is 5.01 Å². The van der Waals surface area contributed by atoms with Gasteiger partial charge >= 0.3 is 0 Å². The molecule has 0 unspecified atom stereocenters. The van der Waals surface area contributed by atoms with Crippen LogP contribution < -0.4 is 5.32 Å². The normalized spacial score (nSPS) is 17.9. The minimum Gasteiger partial charge on any atom is -0.348 e. The number of hydrogen-bond donors (Lipinski definition) is 1. The van der Waals surface area contributed by atoms with Crippen LogP contribution in [0.4, 0.5) is 0 Å². The molecule has 112 valence electrons. The summed E-state index contributed by atoms with van der Waals surface area (Å²) in [7, 11) is 4.01. The number of carbonyl (C=O) groups excluding carboxylic acids is 1. The molecule has 1 amide bonds. The van der Waals surface area contributed by atoms with Gasteiger partial charge in [-0.1, -0.05) is 26.7 Å². The molecule has 1 aromatic rings. The molecule has 0 spiro atoms. The van der Waals surface area contributed by atoms with E-state index >= 15 is 0 Å². The highest BCUT2D eigenvalue weighted by molar-refractivity contribution is 7.09. The third kappa shape index (κ3) is 3.04. The van der Waals surface area contributed by atoms with Gasteiger partial charge in [0.05, 0.1) is 17.8 Å². The minimum absolute atomic E-state index is 0.154. The Balaban J connectivity index is 1.97. The van der Waals surface area contributed by atoms with Crippen LogP contribution in [0, 0.1) is 0 Å². The molecular formula is C15H25N3OS. The molecule has 0 aliphatic heterocycles. The molecule has 1 fully saturated rings. The first kappa shape index (κ1) is 15.4. The standard InChI is InChI=1S/C15H25N3OS/c1-11(2)12-10-20-13(17-12)9-16-14(19)15(18(3)4)7-5-6-8-15/h10-11H,5-9H2,1-4H3,(H,16,19). The number of carbonyl (C=O) groups is 1. The number of likely N-dealkylation sites (N-methyl/N-ethyl adjacent to an activating group) is 1. The van der Waals surface area contributed by atoms with Crippen LogP contribution in [-0.2, 0) is 11.3 Å². The second kappa shape index (κ2) is 6.22. The molecular weight excluding hydrogens is 270 g/mol. The zero-order valence-electron chi connectivity index (χ0n) is 12.9. The summed E-state index contributed by atoms with van der Waals surface area (Å²) >= 11 is 1.63. The van der Waals surface area contributed by atoms with Crippen molar-refractivity contribution in [3.05, 3.63) is 16.1 Å². The molecule has 1 saturated carbocycles. The van der Waals surface area contributed by atoms with Crippen LogP contribution in [0.2, 0.25) is 0 Å². The average molecular weight is 295 g/mol. The van der Waals surface area contributed by atoms with Gasteiger partial charge in [-0.3, -0.25) is 9.69 Å². The first-order valence-electron chi connectivity index (χ1n) is 7.36. The van der Waals surface area contributed by atoms with E-state index in [1.807, 2.05) is 14.1 Å². The van der Waals surface area contributed by atoms with E-state index in [1.54, 1.807) is 11.3 Å². The molecule has 0 radical (unpaired) electrons. The number of hydrogen-bond acceptors (Lipinski definition) is 4. The Hall–Kier alpha value is -0.940. The van der Waals surface area contributed by atoms with Crippen LogP contribution in [0.25, 0.3) is 0 Å². The predicted octanol–water partition coefficient (Wildman–Crippen LogP) is 2.76. The number of aromatic nitrogens is 1. The summed E-state index contributed by atoms with van der Waals surface area (Å²) in [5.74, 6) is 0.597. The molecule has 4 nitrogen and oxygen atoms in total. The van der Waals surface area contributed by atoms with Crippen LogP contribution in [0.15, 0.2) is 5.38 Å². The molecule has 5 heteroatoms. The van der Waals surface area contributed by atoms with E-state index in [1.165, 1.54) is 0 Å². The summed E-state index contributed by atoms with van der Waals surface area (Å²) in [6.07, 6.45) is 4.20. The van der Waals surface area contributed by atoms with Crippen LogP contribution in [-0.4, -0.2) is 35.4 Å². The Labute approximate surface area is 125 Å². The first-order valence-corrected chi connectivity index (χ1v) is 8.24. The molecule has 0 bridgehead atoms. The fourth-order valence-corrected chi connectivity index (χ4v) is 3.72. The molecule has 2 rings (SSSR count). The molecule has 20 heavy (non-hydrogen) atoms. The Bertz CT molecular complexity index is 461. The summed E-state index contributed by atoms with van der Waals surface area (Å²) in [6.45, 7) is 4.82. The molecule has 0 saturated heterocycles. The third-order valence-corrected chi connectivity index (χ3v) is 5.14. The fourth-order valence-electron chi connectivity index (χ4n) is 2.83. The lowest BCUT2D eigenvalue weighted by Gasteiger charge is -2.34. The SMILES string of the molecule is CC(C)c1csc(CNC(=O)C2(N(C)C)CCCC2)n1. The van der Waals surface area contributed by atoms with Gasteiger partial charge in [0.2, 0.25) is 5.91 Å². The van der Waals surface area contributed by atoms with Crippen LogP contribution in [0.5, 0.6) is 0 Å². The average Bonchev–Trinajstić information content (AvgIpc) is 3.05. The molecule has 0 aromatic carbocycles. The van der Waals surface area contributed by atoms with Gasteiger partial charge in [0.25, 0.3) is 0 Å². The van der Waals surface area contributed by atoms with Crippen molar-refractivity contribution >= 4 is 17.2 Å². The highest BCUT2D eigenvalue weighted by Crippen LogP contribution is 2.34. The van der Waals surface area contributed by atoms with E-state index < -0.39 is 0 Å². The number of nitrogens with one attached hydrogen (secondary N) is 1. The smallest absolute Gasteiger partial charge is 0.240 e. The highest BCUT2D eigenvalue weighted by Gasteiger charge is 2.42. The molecule has 1 aliphatic rings. The number of amides is 1. The maximum Gasteiger partial charge on any atom is 0.240 e. The van der Waals surface area contributed by atoms with Gasteiger partial charge in [-0.15, -0.1) is 11.3 Å². The van der Waals surface area contributed by atoms with Gasteiger partial charge < -0.3 is 5.32 Å². The Kier molecular flexibility index (Phi) is 4.81. The summed E-state index contributed by atoms with van der Waals surface area (Å²) in [5.41, 5.74) is 0.806. The first-order chi connectivity index (χ1) is 9.45. The number of nitrogens with zero attached hydrogens (tertiary/aromatic N) is 2.